The number of anilines is 1. The highest BCUT2D eigenvalue weighted by molar-refractivity contribution is 6.01. The molecular weight excluding hydrogens is 234 g/mol. The molecule has 1 heterocycles. The van der Waals surface area contributed by atoms with Crippen LogP contribution in [0.1, 0.15) is 6.42 Å². The lowest BCUT2D eigenvalue weighted by molar-refractivity contribution is -0.142. The number of piperidine rings is 1. The molecule has 1 aromatic carbocycles. The Balaban J connectivity index is 1.93. The smallest absolute Gasteiger partial charge is 0.253 e. The van der Waals surface area contributed by atoms with Gasteiger partial charge in [0.2, 0.25) is 5.91 Å². The number of aliphatic hydroxyl groups excluding tert-OH is 1. The zero-order valence-electron chi connectivity index (χ0n) is 9.72. The van der Waals surface area contributed by atoms with Crippen molar-refractivity contribution in [3.63, 3.8) is 0 Å². The molecule has 1 saturated heterocycles. The maximum atomic E-state index is 11.8. The van der Waals surface area contributed by atoms with E-state index < -0.39 is 23.8 Å². The number of hydrogen-bond donors (Lipinski definition) is 4. The van der Waals surface area contributed by atoms with Crippen LogP contribution >= 0.6 is 0 Å². The molecule has 6 heteroatoms. The van der Waals surface area contributed by atoms with Gasteiger partial charge in [-0.3, -0.25) is 20.4 Å². The number of para-hydroxylation sites is 1. The summed E-state index contributed by atoms with van der Waals surface area (Å²) in [5.74, 6) is -2.04. The van der Waals surface area contributed by atoms with E-state index in [0.29, 0.717) is 18.7 Å². The lowest BCUT2D eigenvalue weighted by Crippen LogP contribution is -2.52. The van der Waals surface area contributed by atoms with Crippen molar-refractivity contribution in [2.75, 3.05) is 12.0 Å². The highest BCUT2D eigenvalue weighted by atomic mass is 16.3. The average molecular weight is 249 g/mol. The van der Waals surface area contributed by atoms with E-state index in [1.165, 1.54) is 0 Å². The first-order chi connectivity index (χ1) is 8.68. The maximum absolute atomic E-state index is 11.8. The van der Waals surface area contributed by atoms with Crippen LogP contribution in [-0.4, -0.2) is 29.6 Å². The number of hydrazine groups is 1. The van der Waals surface area contributed by atoms with Crippen LogP contribution < -0.4 is 16.2 Å². The zero-order chi connectivity index (χ0) is 13.0. The van der Waals surface area contributed by atoms with E-state index in [1.54, 1.807) is 12.1 Å². The van der Waals surface area contributed by atoms with Crippen molar-refractivity contribution in [3.8, 4) is 0 Å². The molecule has 2 rings (SSSR count). The van der Waals surface area contributed by atoms with E-state index in [1.807, 2.05) is 18.2 Å². The van der Waals surface area contributed by atoms with Crippen molar-refractivity contribution < 1.29 is 14.7 Å². The monoisotopic (exact) mass is 249 g/mol. The molecule has 1 aliphatic rings. The molecule has 0 radical (unpaired) electrons. The van der Waals surface area contributed by atoms with Crippen LogP contribution in [0.25, 0.3) is 0 Å². The van der Waals surface area contributed by atoms with Crippen LogP contribution in [0.5, 0.6) is 0 Å². The van der Waals surface area contributed by atoms with Gasteiger partial charge in [-0.05, 0) is 18.6 Å². The second kappa shape index (κ2) is 5.50. The van der Waals surface area contributed by atoms with E-state index in [9.17, 15) is 14.7 Å². The number of nitrogens with one attached hydrogen (secondary N) is 3. The van der Waals surface area contributed by atoms with Gasteiger partial charge in [-0.2, -0.15) is 0 Å². The minimum Gasteiger partial charge on any atom is -0.392 e. The van der Waals surface area contributed by atoms with Crippen LogP contribution in [0.2, 0.25) is 0 Å². The Morgan fingerprint density at radius 1 is 1.33 bits per heavy atom. The largest absolute Gasteiger partial charge is 0.392 e. The van der Waals surface area contributed by atoms with Gasteiger partial charge >= 0.3 is 0 Å². The number of carbonyl (C=O) groups is 2. The van der Waals surface area contributed by atoms with Gasteiger partial charge < -0.3 is 10.4 Å². The Morgan fingerprint density at radius 3 is 2.72 bits per heavy atom. The van der Waals surface area contributed by atoms with Crippen LogP contribution in [0, 0.1) is 5.92 Å². The van der Waals surface area contributed by atoms with Gasteiger partial charge in [0.15, 0.2) is 0 Å². The quantitative estimate of drug-likeness (QED) is 0.434. The predicted molar refractivity (Wildman–Crippen MR) is 65.3 cm³/mol. The van der Waals surface area contributed by atoms with Crippen molar-refractivity contribution >= 4 is 17.5 Å². The van der Waals surface area contributed by atoms with E-state index in [0.717, 1.165) is 0 Å². The van der Waals surface area contributed by atoms with Crippen molar-refractivity contribution in [1.82, 2.24) is 10.7 Å². The van der Waals surface area contributed by atoms with Gasteiger partial charge in [0.25, 0.3) is 5.91 Å². The molecule has 2 unspecified atom stereocenters. The number of amides is 2. The molecule has 2 atom stereocenters. The Morgan fingerprint density at radius 2 is 2.06 bits per heavy atom. The summed E-state index contributed by atoms with van der Waals surface area (Å²) in [6, 6.07) is 9.04. The Labute approximate surface area is 104 Å². The summed E-state index contributed by atoms with van der Waals surface area (Å²) in [6.45, 7) is 0.399. The van der Waals surface area contributed by atoms with Gasteiger partial charge in [0.05, 0.1) is 11.8 Å². The van der Waals surface area contributed by atoms with Crippen molar-refractivity contribution in [2.24, 2.45) is 5.92 Å². The fraction of sp³-hybridized carbons (Fsp3) is 0.333. The lowest BCUT2D eigenvalue weighted by Gasteiger charge is -2.26. The topological polar surface area (TPSA) is 90.5 Å². The standard InChI is InChI=1S/C12H15N3O3/c16-9-6-7-13-11(17)10(9)12(18)15-14-8-4-2-1-3-5-8/h1-5,9-10,14,16H,6-7H2,(H,13,17)(H,15,18). The summed E-state index contributed by atoms with van der Waals surface area (Å²) in [4.78, 5) is 23.3. The molecule has 1 fully saturated rings. The minimum atomic E-state index is -1.06. The first kappa shape index (κ1) is 12.4. The molecule has 96 valence electrons. The molecule has 1 aliphatic heterocycles. The van der Waals surface area contributed by atoms with Gasteiger partial charge in [0, 0.05) is 6.54 Å². The molecule has 2 amide bonds. The summed E-state index contributed by atoms with van der Waals surface area (Å²) >= 11 is 0. The zero-order valence-corrected chi connectivity index (χ0v) is 9.72. The highest BCUT2D eigenvalue weighted by Gasteiger charge is 2.36. The predicted octanol–water partition coefficient (Wildman–Crippen LogP) is -0.373. The van der Waals surface area contributed by atoms with Crippen LogP contribution in [0.15, 0.2) is 30.3 Å². The molecule has 6 nitrogen and oxygen atoms in total. The summed E-state index contributed by atoms with van der Waals surface area (Å²) in [5.41, 5.74) is 5.82. The Bertz CT molecular complexity index is 435. The normalized spacial score (nSPS) is 23.1. The molecule has 0 aromatic heterocycles. The third kappa shape index (κ3) is 2.78. The fourth-order valence-electron chi connectivity index (χ4n) is 1.82. The second-order valence-electron chi connectivity index (χ2n) is 4.10. The average Bonchev–Trinajstić information content (AvgIpc) is 2.37. The van der Waals surface area contributed by atoms with E-state index >= 15 is 0 Å². The summed E-state index contributed by atoms with van der Waals surface area (Å²) in [6.07, 6.45) is -0.550. The van der Waals surface area contributed by atoms with Crippen molar-refractivity contribution in [1.29, 1.82) is 0 Å². The fourth-order valence-corrected chi connectivity index (χ4v) is 1.82. The van der Waals surface area contributed by atoms with Gasteiger partial charge in [-0.25, -0.2) is 0 Å². The van der Waals surface area contributed by atoms with Crippen LogP contribution in [-0.2, 0) is 9.59 Å². The first-order valence-corrected chi connectivity index (χ1v) is 5.75. The number of rotatable bonds is 3. The van der Waals surface area contributed by atoms with Crippen LogP contribution in [0.3, 0.4) is 0 Å². The highest BCUT2D eigenvalue weighted by Crippen LogP contribution is 2.13. The van der Waals surface area contributed by atoms with Crippen molar-refractivity contribution in [3.05, 3.63) is 30.3 Å². The molecule has 0 aliphatic carbocycles. The number of hydrogen-bond acceptors (Lipinski definition) is 4. The Hall–Kier alpha value is -2.08. The lowest BCUT2D eigenvalue weighted by atomic mass is 9.95. The summed E-state index contributed by atoms with van der Waals surface area (Å²) in [7, 11) is 0. The maximum Gasteiger partial charge on any atom is 0.253 e. The Kier molecular flexibility index (Phi) is 3.78. The van der Waals surface area contributed by atoms with Gasteiger partial charge in [0.1, 0.15) is 5.92 Å². The molecular formula is C12H15N3O3. The number of aliphatic hydroxyl groups is 1. The molecule has 4 N–H and O–H groups in total. The molecule has 1 aromatic rings. The summed E-state index contributed by atoms with van der Waals surface area (Å²) < 4.78 is 0. The first-order valence-electron chi connectivity index (χ1n) is 5.75. The van der Waals surface area contributed by atoms with Gasteiger partial charge in [-0.15, -0.1) is 0 Å². The van der Waals surface area contributed by atoms with Gasteiger partial charge in [-0.1, -0.05) is 18.2 Å². The molecule has 18 heavy (non-hydrogen) atoms. The molecule has 0 bridgehead atoms. The summed E-state index contributed by atoms with van der Waals surface area (Å²) in [5, 5.41) is 12.2. The SMILES string of the molecule is O=C1NCCC(O)C1C(=O)NNc1ccccc1. The minimum absolute atomic E-state index is 0.384. The molecule has 0 spiro atoms. The van der Waals surface area contributed by atoms with E-state index in [4.69, 9.17) is 0 Å². The van der Waals surface area contributed by atoms with Crippen molar-refractivity contribution in [2.45, 2.75) is 12.5 Å². The third-order valence-electron chi connectivity index (χ3n) is 2.79. The molecule has 0 saturated carbocycles. The van der Waals surface area contributed by atoms with E-state index in [2.05, 4.69) is 16.2 Å². The van der Waals surface area contributed by atoms with Crippen LogP contribution in [0.4, 0.5) is 5.69 Å². The number of benzene rings is 1. The van der Waals surface area contributed by atoms with E-state index in [-0.39, 0.29) is 0 Å². The number of carbonyl (C=O) groups excluding carboxylic acids is 2. The third-order valence-corrected chi connectivity index (χ3v) is 2.79. The second-order valence-corrected chi connectivity index (χ2v) is 4.10.